The van der Waals surface area contributed by atoms with E-state index in [4.69, 9.17) is 4.74 Å². The number of carbonyl (C=O) groups is 1. The molecular weight excluding hydrogens is 470 g/mol. The number of ether oxygens (including phenoxy) is 1. The summed E-state index contributed by atoms with van der Waals surface area (Å²) >= 11 is 1.19. The topological polar surface area (TPSA) is 97.4 Å². The number of hydrogen-bond acceptors (Lipinski definition) is 6. The van der Waals surface area contributed by atoms with E-state index in [2.05, 4.69) is 15.0 Å². The zero-order valence-corrected chi connectivity index (χ0v) is 20.0. The molecule has 4 rings (SSSR count). The Balaban J connectivity index is 1.38. The zero-order chi connectivity index (χ0) is 24.0. The number of anilines is 2. The van der Waals surface area contributed by atoms with Gasteiger partial charge in [-0.3, -0.25) is 9.52 Å². The Morgan fingerprint density at radius 2 is 1.65 bits per heavy atom. The van der Waals surface area contributed by atoms with Gasteiger partial charge in [-0.2, -0.15) is 0 Å². The van der Waals surface area contributed by atoms with Gasteiger partial charge < -0.3 is 10.1 Å². The molecule has 7 nitrogen and oxygen atoms in total. The highest BCUT2D eigenvalue weighted by atomic mass is 32.2. The van der Waals surface area contributed by atoms with Gasteiger partial charge in [0.15, 0.2) is 11.2 Å². The van der Waals surface area contributed by atoms with Crippen LogP contribution >= 0.6 is 11.3 Å². The molecular formula is C25H23N3O4S2. The molecule has 1 unspecified atom stereocenters. The van der Waals surface area contributed by atoms with Crippen LogP contribution in [0.2, 0.25) is 0 Å². The highest BCUT2D eigenvalue weighted by Crippen LogP contribution is 2.24. The first-order valence-corrected chi connectivity index (χ1v) is 13.0. The SMILES string of the molecule is CCC(Oc1ccc(-c2ccccc2)cc1)C(=O)Nc1ccc(S(=O)(=O)Nc2nccs2)cc1. The Labute approximate surface area is 202 Å². The molecule has 0 aliphatic carbocycles. The summed E-state index contributed by atoms with van der Waals surface area (Å²) in [5, 5.41) is 4.76. The second-order valence-corrected chi connectivity index (χ2v) is 9.94. The molecule has 3 aromatic carbocycles. The van der Waals surface area contributed by atoms with Crippen molar-refractivity contribution in [2.24, 2.45) is 0 Å². The lowest BCUT2D eigenvalue weighted by atomic mass is 10.1. The van der Waals surface area contributed by atoms with Crippen molar-refractivity contribution in [3.8, 4) is 16.9 Å². The van der Waals surface area contributed by atoms with Gasteiger partial charge in [0, 0.05) is 17.3 Å². The molecule has 0 radical (unpaired) electrons. The van der Waals surface area contributed by atoms with E-state index in [1.165, 1.54) is 41.8 Å². The minimum absolute atomic E-state index is 0.0718. The van der Waals surface area contributed by atoms with Crippen LogP contribution in [0.4, 0.5) is 10.8 Å². The molecule has 0 aliphatic rings. The Morgan fingerprint density at radius 1 is 0.971 bits per heavy atom. The van der Waals surface area contributed by atoms with E-state index >= 15 is 0 Å². The van der Waals surface area contributed by atoms with Crippen LogP contribution < -0.4 is 14.8 Å². The van der Waals surface area contributed by atoms with Crippen molar-refractivity contribution in [1.82, 2.24) is 4.98 Å². The molecule has 0 fully saturated rings. The summed E-state index contributed by atoms with van der Waals surface area (Å²) < 4.78 is 33.2. The first-order valence-electron chi connectivity index (χ1n) is 10.6. The fourth-order valence-electron chi connectivity index (χ4n) is 3.23. The standard InChI is InChI=1S/C25H23N3O4S2/c1-2-23(32-21-12-8-19(9-13-21)18-6-4-3-5-7-18)24(29)27-20-10-14-22(15-11-20)34(30,31)28-25-26-16-17-33-25/h3-17,23H,2H2,1H3,(H,26,28)(H,27,29). The molecule has 0 aliphatic heterocycles. The quantitative estimate of drug-likeness (QED) is 0.325. The first-order chi connectivity index (χ1) is 16.4. The van der Waals surface area contributed by atoms with Crippen LogP contribution in [0.1, 0.15) is 13.3 Å². The smallest absolute Gasteiger partial charge is 0.265 e. The van der Waals surface area contributed by atoms with Gasteiger partial charge in [-0.15, -0.1) is 11.3 Å². The predicted octanol–water partition coefficient (Wildman–Crippen LogP) is 5.41. The highest BCUT2D eigenvalue weighted by Gasteiger charge is 2.20. The number of rotatable bonds is 9. The summed E-state index contributed by atoms with van der Waals surface area (Å²) in [5.74, 6) is 0.280. The van der Waals surface area contributed by atoms with Gasteiger partial charge in [0.2, 0.25) is 0 Å². The van der Waals surface area contributed by atoms with E-state index in [9.17, 15) is 13.2 Å². The van der Waals surface area contributed by atoms with Crippen molar-refractivity contribution in [1.29, 1.82) is 0 Å². The summed E-state index contributed by atoms with van der Waals surface area (Å²) in [7, 11) is -3.75. The number of nitrogens with one attached hydrogen (secondary N) is 2. The van der Waals surface area contributed by atoms with Crippen molar-refractivity contribution in [2.75, 3.05) is 10.0 Å². The normalized spacial score (nSPS) is 12.0. The van der Waals surface area contributed by atoms with E-state index in [1.807, 2.05) is 61.5 Å². The number of benzene rings is 3. The Kier molecular flexibility index (Phi) is 7.24. The highest BCUT2D eigenvalue weighted by molar-refractivity contribution is 7.93. The number of amides is 1. The average molecular weight is 494 g/mol. The van der Waals surface area contributed by atoms with Gasteiger partial charge >= 0.3 is 0 Å². The van der Waals surface area contributed by atoms with Crippen LogP contribution in [0.5, 0.6) is 5.75 Å². The number of nitrogens with zero attached hydrogens (tertiary/aromatic N) is 1. The van der Waals surface area contributed by atoms with Gasteiger partial charge in [0.25, 0.3) is 15.9 Å². The van der Waals surface area contributed by atoms with Crippen LogP contribution in [-0.4, -0.2) is 25.4 Å². The second-order valence-electron chi connectivity index (χ2n) is 7.36. The van der Waals surface area contributed by atoms with Gasteiger partial charge in [-0.1, -0.05) is 49.4 Å². The number of carbonyl (C=O) groups excluding carboxylic acids is 1. The van der Waals surface area contributed by atoms with E-state index in [1.54, 1.807) is 5.38 Å². The number of aromatic nitrogens is 1. The maximum Gasteiger partial charge on any atom is 0.265 e. The third kappa shape index (κ3) is 5.81. The van der Waals surface area contributed by atoms with Crippen LogP contribution in [0.15, 0.2) is 95.3 Å². The molecule has 2 N–H and O–H groups in total. The number of hydrogen-bond donors (Lipinski definition) is 2. The summed E-state index contributed by atoms with van der Waals surface area (Å²) in [6.45, 7) is 1.86. The molecule has 0 saturated carbocycles. The largest absolute Gasteiger partial charge is 0.481 e. The lowest BCUT2D eigenvalue weighted by Gasteiger charge is -2.18. The predicted molar refractivity (Wildman–Crippen MR) is 135 cm³/mol. The second kappa shape index (κ2) is 10.5. The molecule has 9 heteroatoms. The van der Waals surface area contributed by atoms with Crippen LogP contribution in [0, 0.1) is 0 Å². The number of thiazole rings is 1. The monoisotopic (exact) mass is 493 g/mol. The van der Waals surface area contributed by atoms with Gasteiger partial charge in [-0.05, 0) is 53.9 Å². The molecule has 34 heavy (non-hydrogen) atoms. The first kappa shape index (κ1) is 23.5. The van der Waals surface area contributed by atoms with Gasteiger partial charge in [0.1, 0.15) is 5.75 Å². The third-order valence-electron chi connectivity index (χ3n) is 4.99. The molecule has 0 bridgehead atoms. The van der Waals surface area contributed by atoms with E-state index < -0.39 is 16.1 Å². The summed E-state index contributed by atoms with van der Waals surface area (Å²) in [6, 6.07) is 23.5. The molecule has 0 saturated heterocycles. The van der Waals surface area contributed by atoms with Crippen LogP contribution in [0.25, 0.3) is 11.1 Å². The fraction of sp³-hybridized carbons (Fsp3) is 0.120. The van der Waals surface area contributed by atoms with E-state index in [0.717, 1.165) is 11.1 Å². The van der Waals surface area contributed by atoms with Crippen molar-refractivity contribution < 1.29 is 17.9 Å². The summed E-state index contributed by atoms with van der Waals surface area (Å²) in [4.78, 5) is 16.8. The Bertz CT molecular complexity index is 1320. The van der Waals surface area contributed by atoms with E-state index in [-0.39, 0.29) is 15.9 Å². The molecule has 0 spiro atoms. The lowest BCUT2D eigenvalue weighted by Crippen LogP contribution is -2.32. The minimum Gasteiger partial charge on any atom is -0.481 e. The lowest BCUT2D eigenvalue weighted by molar-refractivity contribution is -0.122. The third-order valence-corrected chi connectivity index (χ3v) is 7.16. The molecule has 174 valence electrons. The molecule has 1 heterocycles. The fourth-order valence-corrected chi connectivity index (χ4v) is 5.02. The molecule has 1 aromatic heterocycles. The summed E-state index contributed by atoms with van der Waals surface area (Å²) in [5.41, 5.74) is 2.63. The zero-order valence-electron chi connectivity index (χ0n) is 18.3. The molecule has 1 amide bonds. The maximum atomic E-state index is 12.8. The Morgan fingerprint density at radius 3 is 2.26 bits per heavy atom. The molecule has 4 aromatic rings. The maximum absolute atomic E-state index is 12.8. The Hall–Kier alpha value is -3.69. The minimum atomic E-state index is -3.75. The number of sulfonamides is 1. The van der Waals surface area contributed by atoms with Gasteiger partial charge in [0.05, 0.1) is 4.90 Å². The van der Waals surface area contributed by atoms with Crippen molar-refractivity contribution in [3.05, 3.63) is 90.4 Å². The average Bonchev–Trinajstić information content (AvgIpc) is 3.36. The van der Waals surface area contributed by atoms with E-state index in [0.29, 0.717) is 17.9 Å². The van der Waals surface area contributed by atoms with Crippen molar-refractivity contribution in [2.45, 2.75) is 24.3 Å². The molecule has 1 atom stereocenters. The van der Waals surface area contributed by atoms with Gasteiger partial charge in [-0.25, -0.2) is 13.4 Å². The summed E-state index contributed by atoms with van der Waals surface area (Å²) in [6.07, 6.45) is 1.29. The van der Waals surface area contributed by atoms with Crippen LogP contribution in [-0.2, 0) is 14.8 Å². The van der Waals surface area contributed by atoms with Crippen molar-refractivity contribution >= 4 is 38.1 Å². The van der Waals surface area contributed by atoms with Crippen LogP contribution in [0.3, 0.4) is 0 Å². The van der Waals surface area contributed by atoms with Crippen molar-refractivity contribution in [3.63, 3.8) is 0 Å².